The number of hydrogen-bond acceptors (Lipinski definition) is 4. The van der Waals surface area contributed by atoms with Gasteiger partial charge in [-0.05, 0) is 13.0 Å². The summed E-state index contributed by atoms with van der Waals surface area (Å²) in [5, 5.41) is 19.6. The largest absolute Gasteiger partial charge is 0.481 e. The van der Waals surface area contributed by atoms with Gasteiger partial charge < -0.3 is 15.3 Å². The molecular weight excluding hydrogens is 210 g/mol. The molecule has 0 heterocycles. The van der Waals surface area contributed by atoms with Gasteiger partial charge in [-0.3, -0.25) is 9.59 Å². The summed E-state index contributed by atoms with van der Waals surface area (Å²) in [6.07, 6.45) is 0.928. The molecule has 2 N–H and O–H groups in total. The Morgan fingerprint density at radius 3 is 2.75 bits per heavy atom. The number of aliphatic carboxylic acids is 1. The second-order valence-electron chi connectivity index (χ2n) is 3.40. The first-order valence-corrected chi connectivity index (χ1v) is 5.11. The average molecular weight is 227 g/mol. The Morgan fingerprint density at radius 2 is 2.19 bits per heavy atom. The highest BCUT2D eigenvalue weighted by atomic mass is 16.4. The van der Waals surface area contributed by atoms with Crippen LogP contribution in [0.3, 0.4) is 0 Å². The SMILES string of the molecule is CN(CCC#N)C(=O)CNCCCC(=O)O. The third kappa shape index (κ3) is 7.76. The molecule has 0 rings (SSSR count). The number of nitrogens with one attached hydrogen (secondary N) is 1. The Morgan fingerprint density at radius 1 is 1.50 bits per heavy atom. The van der Waals surface area contributed by atoms with Crippen LogP contribution in [0.1, 0.15) is 19.3 Å². The molecule has 0 aromatic carbocycles. The normalized spacial score (nSPS) is 9.50. The second kappa shape index (κ2) is 8.68. The zero-order valence-electron chi connectivity index (χ0n) is 9.40. The van der Waals surface area contributed by atoms with Crippen LogP contribution in [0.2, 0.25) is 0 Å². The van der Waals surface area contributed by atoms with Gasteiger partial charge in [0.05, 0.1) is 19.0 Å². The van der Waals surface area contributed by atoms with E-state index in [1.165, 1.54) is 4.90 Å². The Hall–Kier alpha value is -1.61. The molecule has 1 amide bonds. The maximum Gasteiger partial charge on any atom is 0.303 e. The van der Waals surface area contributed by atoms with E-state index in [1.54, 1.807) is 7.05 Å². The summed E-state index contributed by atoms with van der Waals surface area (Å²) in [6.45, 7) is 1.11. The number of nitrogens with zero attached hydrogens (tertiary/aromatic N) is 2. The molecule has 0 radical (unpaired) electrons. The number of nitriles is 1. The van der Waals surface area contributed by atoms with E-state index in [0.29, 0.717) is 25.9 Å². The van der Waals surface area contributed by atoms with Crippen LogP contribution in [0, 0.1) is 11.3 Å². The summed E-state index contributed by atoms with van der Waals surface area (Å²) in [7, 11) is 1.64. The second-order valence-corrected chi connectivity index (χ2v) is 3.40. The van der Waals surface area contributed by atoms with E-state index >= 15 is 0 Å². The average Bonchev–Trinajstić information content (AvgIpc) is 2.24. The van der Waals surface area contributed by atoms with Gasteiger partial charge in [0.2, 0.25) is 5.91 Å². The smallest absolute Gasteiger partial charge is 0.303 e. The molecule has 0 atom stereocenters. The predicted molar refractivity (Wildman–Crippen MR) is 57.6 cm³/mol. The molecule has 16 heavy (non-hydrogen) atoms. The highest BCUT2D eigenvalue weighted by Crippen LogP contribution is 1.88. The van der Waals surface area contributed by atoms with Crippen molar-refractivity contribution in [1.29, 1.82) is 5.26 Å². The van der Waals surface area contributed by atoms with Crippen LogP contribution in [-0.2, 0) is 9.59 Å². The molecule has 0 aromatic rings. The van der Waals surface area contributed by atoms with Crippen LogP contribution in [0.4, 0.5) is 0 Å². The first-order chi connectivity index (χ1) is 7.57. The number of carboxylic acids is 1. The lowest BCUT2D eigenvalue weighted by Gasteiger charge is -2.15. The van der Waals surface area contributed by atoms with Gasteiger partial charge in [-0.15, -0.1) is 0 Å². The van der Waals surface area contributed by atoms with E-state index in [4.69, 9.17) is 10.4 Å². The molecule has 0 fully saturated rings. The van der Waals surface area contributed by atoms with E-state index in [9.17, 15) is 9.59 Å². The standard InChI is InChI=1S/C10H17N3O3/c1-13(7-3-5-11)9(14)8-12-6-2-4-10(15)16/h12H,2-4,6-8H2,1H3,(H,15,16). The lowest BCUT2D eigenvalue weighted by atomic mass is 10.3. The van der Waals surface area contributed by atoms with Gasteiger partial charge in [0.1, 0.15) is 0 Å². The van der Waals surface area contributed by atoms with Crippen molar-refractivity contribution in [3.05, 3.63) is 0 Å². The predicted octanol–water partition coefficient (Wildman–Crippen LogP) is -0.187. The van der Waals surface area contributed by atoms with Gasteiger partial charge in [-0.25, -0.2) is 0 Å². The van der Waals surface area contributed by atoms with E-state index < -0.39 is 5.97 Å². The van der Waals surface area contributed by atoms with Crippen LogP contribution < -0.4 is 5.32 Å². The fourth-order valence-electron chi connectivity index (χ4n) is 1.04. The van der Waals surface area contributed by atoms with Crippen molar-refractivity contribution >= 4 is 11.9 Å². The van der Waals surface area contributed by atoms with Gasteiger partial charge in [-0.1, -0.05) is 0 Å². The summed E-state index contributed by atoms with van der Waals surface area (Å²) >= 11 is 0. The molecule has 0 aliphatic rings. The molecule has 0 aliphatic carbocycles. The summed E-state index contributed by atoms with van der Waals surface area (Å²) in [6, 6.07) is 1.96. The molecule has 0 aliphatic heterocycles. The van der Waals surface area contributed by atoms with Crippen molar-refractivity contribution < 1.29 is 14.7 Å². The molecule has 0 aromatic heterocycles. The molecule has 0 unspecified atom stereocenters. The number of hydrogen-bond donors (Lipinski definition) is 2. The minimum Gasteiger partial charge on any atom is -0.481 e. The van der Waals surface area contributed by atoms with E-state index in [1.807, 2.05) is 6.07 Å². The fraction of sp³-hybridized carbons (Fsp3) is 0.700. The zero-order valence-corrected chi connectivity index (χ0v) is 9.40. The van der Waals surface area contributed by atoms with Crippen molar-refractivity contribution in [3.63, 3.8) is 0 Å². The molecular formula is C10H17N3O3. The van der Waals surface area contributed by atoms with Crippen LogP contribution >= 0.6 is 0 Å². The number of carbonyl (C=O) groups excluding carboxylic acids is 1. The molecule has 0 saturated heterocycles. The lowest BCUT2D eigenvalue weighted by molar-refractivity contribution is -0.137. The third-order valence-electron chi connectivity index (χ3n) is 2.01. The molecule has 0 bridgehead atoms. The topological polar surface area (TPSA) is 93.4 Å². The van der Waals surface area contributed by atoms with Crippen molar-refractivity contribution in [2.75, 3.05) is 26.7 Å². The molecule has 6 nitrogen and oxygen atoms in total. The van der Waals surface area contributed by atoms with E-state index in [0.717, 1.165) is 0 Å². The Bertz CT molecular complexity index is 273. The monoisotopic (exact) mass is 227 g/mol. The highest BCUT2D eigenvalue weighted by molar-refractivity contribution is 5.77. The van der Waals surface area contributed by atoms with E-state index in [-0.39, 0.29) is 18.9 Å². The van der Waals surface area contributed by atoms with Crippen LogP contribution in [0.5, 0.6) is 0 Å². The summed E-state index contributed by atoms with van der Waals surface area (Å²) in [5.41, 5.74) is 0. The minimum absolute atomic E-state index is 0.0921. The summed E-state index contributed by atoms with van der Waals surface area (Å²) < 4.78 is 0. The summed E-state index contributed by atoms with van der Waals surface area (Å²) in [4.78, 5) is 23.1. The van der Waals surface area contributed by atoms with Crippen molar-refractivity contribution in [3.8, 4) is 6.07 Å². The zero-order chi connectivity index (χ0) is 12.4. The van der Waals surface area contributed by atoms with Gasteiger partial charge in [0, 0.05) is 20.0 Å². The Balaban J connectivity index is 3.50. The first kappa shape index (κ1) is 14.4. The number of rotatable bonds is 8. The molecule has 0 spiro atoms. The molecule has 0 saturated carbocycles. The lowest BCUT2D eigenvalue weighted by Crippen LogP contribution is -2.36. The molecule has 90 valence electrons. The number of likely N-dealkylation sites (N-methyl/N-ethyl adjacent to an activating group) is 1. The van der Waals surface area contributed by atoms with Crippen LogP contribution in [0.15, 0.2) is 0 Å². The van der Waals surface area contributed by atoms with Crippen molar-refractivity contribution in [1.82, 2.24) is 10.2 Å². The Labute approximate surface area is 94.8 Å². The fourth-order valence-corrected chi connectivity index (χ4v) is 1.04. The minimum atomic E-state index is -0.834. The maximum atomic E-state index is 11.4. The van der Waals surface area contributed by atoms with Crippen LogP contribution in [0.25, 0.3) is 0 Å². The van der Waals surface area contributed by atoms with Crippen molar-refractivity contribution in [2.24, 2.45) is 0 Å². The van der Waals surface area contributed by atoms with Crippen molar-refractivity contribution in [2.45, 2.75) is 19.3 Å². The van der Waals surface area contributed by atoms with E-state index in [2.05, 4.69) is 5.32 Å². The number of carboxylic acid groups (broad SMARTS) is 1. The first-order valence-electron chi connectivity index (χ1n) is 5.11. The van der Waals surface area contributed by atoms with Gasteiger partial charge >= 0.3 is 5.97 Å². The third-order valence-corrected chi connectivity index (χ3v) is 2.01. The quantitative estimate of drug-likeness (QED) is 0.561. The van der Waals surface area contributed by atoms with Gasteiger partial charge in [0.25, 0.3) is 0 Å². The number of amides is 1. The van der Waals surface area contributed by atoms with Crippen LogP contribution in [-0.4, -0.2) is 48.6 Å². The molecule has 6 heteroatoms. The number of carbonyl (C=O) groups is 2. The van der Waals surface area contributed by atoms with Gasteiger partial charge in [-0.2, -0.15) is 5.26 Å². The van der Waals surface area contributed by atoms with Gasteiger partial charge in [0.15, 0.2) is 0 Å². The highest BCUT2D eigenvalue weighted by Gasteiger charge is 2.06. The summed E-state index contributed by atoms with van der Waals surface area (Å²) in [5.74, 6) is -0.926. The Kier molecular flexibility index (Phi) is 7.81. The maximum absolute atomic E-state index is 11.4.